The summed E-state index contributed by atoms with van der Waals surface area (Å²) in [6.45, 7) is 15.7. The van der Waals surface area contributed by atoms with Crippen LogP contribution in [0.3, 0.4) is 0 Å². The Balaban J connectivity index is 1.17. The topological polar surface area (TPSA) is 4.93 Å². The first-order valence-electron chi connectivity index (χ1n) is 17.9. The van der Waals surface area contributed by atoms with Gasteiger partial charge in [0.2, 0.25) is 0 Å². The molecule has 1 heteroatoms. The van der Waals surface area contributed by atoms with Crippen LogP contribution in [-0.4, -0.2) is 4.57 Å². The maximum absolute atomic E-state index is 4.49. The fraction of sp³-hybridized carbons (Fsp3) is 0.143. The Labute approximate surface area is 293 Å². The molecule has 0 N–H and O–H groups in total. The molecule has 240 valence electrons. The molecule has 1 aromatic heterocycles. The summed E-state index contributed by atoms with van der Waals surface area (Å²) in [6, 6.07) is 39.1. The van der Waals surface area contributed by atoms with Crippen LogP contribution in [0.5, 0.6) is 0 Å². The summed E-state index contributed by atoms with van der Waals surface area (Å²) >= 11 is 0. The van der Waals surface area contributed by atoms with E-state index < -0.39 is 0 Å². The van der Waals surface area contributed by atoms with Gasteiger partial charge in [0, 0.05) is 21.9 Å². The van der Waals surface area contributed by atoms with Crippen LogP contribution >= 0.6 is 0 Å². The number of benzene rings is 6. The van der Waals surface area contributed by atoms with E-state index in [2.05, 4.69) is 160 Å². The van der Waals surface area contributed by atoms with Crippen LogP contribution in [-0.2, 0) is 11.8 Å². The van der Waals surface area contributed by atoms with E-state index in [1.807, 2.05) is 6.08 Å². The number of rotatable bonds is 3. The molecule has 50 heavy (non-hydrogen) atoms. The van der Waals surface area contributed by atoms with Crippen molar-refractivity contribution >= 4 is 54.5 Å². The third kappa shape index (κ3) is 3.95. The molecule has 7 aromatic rings. The summed E-state index contributed by atoms with van der Waals surface area (Å²) in [5, 5.41) is 7.78. The van der Waals surface area contributed by atoms with Crippen molar-refractivity contribution in [2.75, 3.05) is 0 Å². The van der Waals surface area contributed by atoms with Gasteiger partial charge in [-0.3, -0.25) is 0 Å². The summed E-state index contributed by atoms with van der Waals surface area (Å²) in [4.78, 5) is 0. The van der Waals surface area contributed by atoms with E-state index in [4.69, 9.17) is 0 Å². The van der Waals surface area contributed by atoms with Gasteiger partial charge in [-0.15, -0.1) is 0 Å². The lowest BCUT2D eigenvalue weighted by atomic mass is 9.74. The SMILES string of the molecule is C=C/C=C1/Cc2ccc(-c3cccc(-n4c5ccccc5c5cc6cc7c(cc6cc54)C(C)(C)C4=C7C=CCC4C)c3)c3cccc(c23)C1=C. The zero-order valence-corrected chi connectivity index (χ0v) is 29.0. The first kappa shape index (κ1) is 29.3. The number of nitrogens with zero attached hydrogens (tertiary/aromatic N) is 1. The minimum atomic E-state index is 0.0214. The molecular formula is C49H39N. The van der Waals surface area contributed by atoms with Gasteiger partial charge in [-0.05, 0) is 138 Å². The Morgan fingerprint density at radius 2 is 1.58 bits per heavy atom. The molecule has 1 nitrogen and oxygen atoms in total. The van der Waals surface area contributed by atoms with E-state index >= 15 is 0 Å². The van der Waals surface area contributed by atoms with E-state index in [1.165, 1.54) is 93.6 Å². The molecule has 0 spiro atoms. The van der Waals surface area contributed by atoms with E-state index in [9.17, 15) is 0 Å². The molecule has 0 amide bonds. The zero-order valence-electron chi connectivity index (χ0n) is 29.0. The molecule has 0 radical (unpaired) electrons. The van der Waals surface area contributed by atoms with Crippen LogP contribution < -0.4 is 0 Å². The van der Waals surface area contributed by atoms with Crippen molar-refractivity contribution in [2.24, 2.45) is 5.92 Å². The third-order valence-corrected chi connectivity index (χ3v) is 11.9. The van der Waals surface area contributed by atoms with Crippen molar-refractivity contribution in [3.8, 4) is 16.8 Å². The Morgan fingerprint density at radius 1 is 0.760 bits per heavy atom. The van der Waals surface area contributed by atoms with Crippen molar-refractivity contribution in [1.82, 2.24) is 4.57 Å². The van der Waals surface area contributed by atoms with Crippen molar-refractivity contribution in [3.63, 3.8) is 0 Å². The second-order valence-corrected chi connectivity index (χ2v) is 15.1. The second-order valence-electron chi connectivity index (χ2n) is 15.1. The number of hydrogen-bond donors (Lipinski definition) is 0. The fourth-order valence-corrected chi connectivity index (χ4v) is 9.71. The van der Waals surface area contributed by atoms with Crippen LogP contribution in [0.25, 0.3) is 71.3 Å². The lowest BCUT2D eigenvalue weighted by Crippen LogP contribution is -2.22. The lowest BCUT2D eigenvalue weighted by molar-refractivity contribution is 0.531. The zero-order chi connectivity index (χ0) is 33.9. The van der Waals surface area contributed by atoms with Crippen molar-refractivity contribution in [3.05, 3.63) is 174 Å². The van der Waals surface area contributed by atoms with Gasteiger partial charge in [0.05, 0.1) is 11.0 Å². The predicted molar refractivity (Wildman–Crippen MR) is 215 cm³/mol. The van der Waals surface area contributed by atoms with Crippen LogP contribution in [0.15, 0.2) is 152 Å². The molecular weight excluding hydrogens is 603 g/mol. The predicted octanol–water partition coefficient (Wildman–Crippen LogP) is 13.1. The highest BCUT2D eigenvalue weighted by atomic mass is 15.0. The van der Waals surface area contributed by atoms with Crippen LogP contribution in [0.2, 0.25) is 0 Å². The van der Waals surface area contributed by atoms with Gasteiger partial charge in [-0.25, -0.2) is 0 Å². The summed E-state index contributed by atoms with van der Waals surface area (Å²) in [7, 11) is 0. The number of aromatic nitrogens is 1. The normalized spacial score (nSPS) is 18.5. The summed E-state index contributed by atoms with van der Waals surface area (Å²) in [6.07, 6.45) is 10.7. The van der Waals surface area contributed by atoms with E-state index in [0.29, 0.717) is 5.92 Å². The molecule has 0 aliphatic heterocycles. The summed E-state index contributed by atoms with van der Waals surface area (Å²) < 4.78 is 2.47. The van der Waals surface area contributed by atoms with Gasteiger partial charge in [0.1, 0.15) is 0 Å². The van der Waals surface area contributed by atoms with Crippen molar-refractivity contribution in [1.29, 1.82) is 0 Å². The molecule has 0 saturated heterocycles. The minimum absolute atomic E-state index is 0.0214. The lowest BCUT2D eigenvalue weighted by Gasteiger charge is -2.30. The average molecular weight is 642 g/mol. The summed E-state index contributed by atoms with van der Waals surface area (Å²) in [5.41, 5.74) is 16.9. The maximum Gasteiger partial charge on any atom is 0.0547 e. The van der Waals surface area contributed by atoms with Gasteiger partial charge in [-0.1, -0.05) is 119 Å². The Bertz CT molecular complexity index is 2770. The van der Waals surface area contributed by atoms with Crippen molar-refractivity contribution < 1.29 is 0 Å². The van der Waals surface area contributed by atoms with Gasteiger partial charge < -0.3 is 4.57 Å². The van der Waals surface area contributed by atoms with Crippen LogP contribution in [0, 0.1) is 5.92 Å². The molecule has 6 aromatic carbocycles. The van der Waals surface area contributed by atoms with Crippen molar-refractivity contribution in [2.45, 2.75) is 39.0 Å². The fourth-order valence-electron chi connectivity index (χ4n) is 9.71. The standard InChI is InChI=1S/C49H39N/c1-6-12-31-23-33-21-22-38(40-18-11-17-37(30(31)3)47(33)40)32-14-10-15-36(24-32)50-45-20-8-7-16-39(45)43-26-34-25-42-41-19-9-13-29(2)48(41)49(4,5)44(42)27-35(34)28-46(43)50/h6-12,14-22,24-29H,1,3,13,23H2,2,4-5H3/b31-12-. The Morgan fingerprint density at radius 3 is 2.46 bits per heavy atom. The molecule has 3 aliphatic carbocycles. The largest absolute Gasteiger partial charge is 0.309 e. The molecule has 0 fully saturated rings. The van der Waals surface area contributed by atoms with Crippen LogP contribution in [0.4, 0.5) is 0 Å². The minimum Gasteiger partial charge on any atom is -0.309 e. The second kappa shape index (κ2) is 10.4. The highest BCUT2D eigenvalue weighted by molar-refractivity contribution is 6.14. The molecule has 0 bridgehead atoms. The molecule has 1 heterocycles. The smallest absolute Gasteiger partial charge is 0.0547 e. The molecule has 3 aliphatic rings. The van der Waals surface area contributed by atoms with Gasteiger partial charge in [-0.2, -0.15) is 0 Å². The van der Waals surface area contributed by atoms with Gasteiger partial charge >= 0.3 is 0 Å². The van der Waals surface area contributed by atoms with Gasteiger partial charge in [0.25, 0.3) is 0 Å². The molecule has 10 rings (SSSR count). The first-order chi connectivity index (χ1) is 24.3. The first-order valence-corrected chi connectivity index (χ1v) is 17.9. The average Bonchev–Trinajstić information content (AvgIpc) is 3.56. The number of hydrogen-bond acceptors (Lipinski definition) is 0. The van der Waals surface area contributed by atoms with Crippen LogP contribution in [0.1, 0.15) is 49.4 Å². The monoisotopic (exact) mass is 641 g/mol. The molecule has 1 atom stereocenters. The molecule has 0 saturated carbocycles. The van der Waals surface area contributed by atoms with E-state index in [-0.39, 0.29) is 5.41 Å². The quantitative estimate of drug-likeness (QED) is 0.181. The number of para-hydroxylation sites is 1. The van der Waals surface area contributed by atoms with E-state index in [1.54, 1.807) is 5.57 Å². The number of allylic oxidation sites excluding steroid dienone is 8. The molecule has 1 unspecified atom stereocenters. The Hall–Kier alpha value is -5.66. The number of fused-ring (bicyclic) bond motifs is 6. The highest BCUT2D eigenvalue weighted by Gasteiger charge is 2.40. The van der Waals surface area contributed by atoms with Gasteiger partial charge in [0.15, 0.2) is 0 Å². The highest BCUT2D eigenvalue weighted by Crippen LogP contribution is 2.53. The summed E-state index contributed by atoms with van der Waals surface area (Å²) in [5.74, 6) is 0.563. The maximum atomic E-state index is 4.49. The van der Waals surface area contributed by atoms with E-state index in [0.717, 1.165) is 18.4 Å². The Kier molecular flexibility index (Phi) is 6.10. The third-order valence-electron chi connectivity index (χ3n) is 11.9.